The van der Waals surface area contributed by atoms with E-state index in [0.717, 1.165) is 12.2 Å². The second-order valence-electron chi connectivity index (χ2n) is 3.04. The number of sulfonamides is 1. The predicted octanol–water partition coefficient (Wildman–Crippen LogP) is -0.369. The minimum Gasteiger partial charge on any atom is -0.312 e. The summed E-state index contributed by atoms with van der Waals surface area (Å²) in [5, 5.41) is 3.23. The third-order valence-electron chi connectivity index (χ3n) is 2.04. The average molecular weight is 224 g/mol. The summed E-state index contributed by atoms with van der Waals surface area (Å²) in [5.74, 6) is 2.47. The van der Waals surface area contributed by atoms with Gasteiger partial charge in [0.25, 0.3) is 0 Å². The van der Waals surface area contributed by atoms with Gasteiger partial charge in [0.05, 0.1) is 5.75 Å². The van der Waals surface area contributed by atoms with E-state index in [1.165, 1.54) is 12.8 Å². The lowest BCUT2D eigenvalue weighted by Gasteiger charge is -2.10. The van der Waals surface area contributed by atoms with Crippen molar-refractivity contribution in [1.82, 2.24) is 10.0 Å². The van der Waals surface area contributed by atoms with Gasteiger partial charge in [-0.25, -0.2) is 13.1 Å². The Morgan fingerprint density at radius 3 is 2.85 bits per heavy atom. The zero-order chi connectivity index (χ0) is 9.73. The molecule has 1 saturated heterocycles. The van der Waals surface area contributed by atoms with Crippen molar-refractivity contribution in [2.24, 2.45) is 0 Å². The SMILES string of the molecule is CNS(=O)(=O)CCNC1CCSC1. The van der Waals surface area contributed by atoms with Crippen LogP contribution in [0.1, 0.15) is 6.42 Å². The highest BCUT2D eigenvalue weighted by Gasteiger charge is 2.15. The van der Waals surface area contributed by atoms with Gasteiger partial charge in [-0.1, -0.05) is 0 Å². The Labute approximate surface area is 83.9 Å². The van der Waals surface area contributed by atoms with Crippen LogP contribution in [0.5, 0.6) is 0 Å². The number of nitrogens with one attached hydrogen (secondary N) is 2. The van der Waals surface area contributed by atoms with Crippen molar-refractivity contribution in [2.45, 2.75) is 12.5 Å². The van der Waals surface area contributed by atoms with Gasteiger partial charge in [0.15, 0.2) is 0 Å². The van der Waals surface area contributed by atoms with Crippen LogP contribution >= 0.6 is 11.8 Å². The highest BCUT2D eigenvalue weighted by molar-refractivity contribution is 7.99. The number of rotatable bonds is 5. The Morgan fingerprint density at radius 2 is 2.31 bits per heavy atom. The van der Waals surface area contributed by atoms with Crippen molar-refractivity contribution in [3.63, 3.8) is 0 Å². The van der Waals surface area contributed by atoms with Gasteiger partial charge >= 0.3 is 0 Å². The van der Waals surface area contributed by atoms with Crippen LogP contribution in [-0.2, 0) is 10.0 Å². The van der Waals surface area contributed by atoms with E-state index in [-0.39, 0.29) is 5.75 Å². The smallest absolute Gasteiger partial charge is 0.212 e. The van der Waals surface area contributed by atoms with Crippen LogP contribution in [0.15, 0.2) is 0 Å². The number of hydrogen-bond acceptors (Lipinski definition) is 4. The van der Waals surface area contributed by atoms with Crippen LogP contribution in [0.25, 0.3) is 0 Å². The van der Waals surface area contributed by atoms with Crippen molar-refractivity contribution in [1.29, 1.82) is 0 Å². The molecule has 1 fully saturated rings. The predicted molar refractivity (Wildman–Crippen MR) is 56.6 cm³/mol. The fraction of sp³-hybridized carbons (Fsp3) is 1.00. The lowest BCUT2D eigenvalue weighted by molar-refractivity contribution is 0.559. The Hall–Kier alpha value is 0.220. The van der Waals surface area contributed by atoms with Gasteiger partial charge < -0.3 is 5.32 Å². The molecule has 0 bridgehead atoms. The minimum atomic E-state index is -3.03. The first kappa shape index (κ1) is 11.3. The van der Waals surface area contributed by atoms with E-state index >= 15 is 0 Å². The third kappa shape index (κ3) is 4.30. The molecular formula is C7H16N2O2S2. The molecule has 0 amide bonds. The van der Waals surface area contributed by atoms with Crippen molar-refractivity contribution < 1.29 is 8.42 Å². The maximum Gasteiger partial charge on any atom is 0.212 e. The molecule has 0 radical (unpaired) electrons. The third-order valence-corrected chi connectivity index (χ3v) is 4.57. The molecule has 1 atom stereocenters. The Morgan fingerprint density at radius 1 is 1.54 bits per heavy atom. The molecule has 1 heterocycles. The highest BCUT2D eigenvalue weighted by Crippen LogP contribution is 2.16. The van der Waals surface area contributed by atoms with E-state index in [2.05, 4.69) is 10.0 Å². The van der Waals surface area contributed by atoms with E-state index in [1.54, 1.807) is 0 Å². The van der Waals surface area contributed by atoms with Crippen molar-refractivity contribution >= 4 is 21.8 Å². The molecule has 78 valence electrons. The van der Waals surface area contributed by atoms with Crippen molar-refractivity contribution in [3.8, 4) is 0 Å². The highest BCUT2D eigenvalue weighted by atomic mass is 32.2. The van der Waals surface area contributed by atoms with Gasteiger partial charge in [0.1, 0.15) is 0 Å². The van der Waals surface area contributed by atoms with Gasteiger partial charge in [0.2, 0.25) is 10.0 Å². The van der Waals surface area contributed by atoms with Crippen LogP contribution in [0.4, 0.5) is 0 Å². The van der Waals surface area contributed by atoms with Crippen LogP contribution in [0, 0.1) is 0 Å². The summed E-state index contributed by atoms with van der Waals surface area (Å²) in [4.78, 5) is 0. The molecule has 1 aliphatic rings. The monoisotopic (exact) mass is 224 g/mol. The summed E-state index contributed by atoms with van der Waals surface area (Å²) < 4.78 is 24.3. The van der Waals surface area contributed by atoms with E-state index in [9.17, 15) is 8.42 Å². The first-order valence-corrected chi connectivity index (χ1v) is 7.17. The lowest BCUT2D eigenvalue weighted by Crippen LogP contribution is -2.35. The maximum absolute atomic E-state index is 11.0. The van der Waals surface area contributed by atoms with Crippen LogP contribution < -0.4 is 10.0 Å². The lowest BCUT2D eigenvalue weighted by atomic mass is 10.3. The second kappa shape index (κ2) is 5.19. The molecule has 1 rings (SSSR count). The van der Waals surface area contributed by atoms with Crippen molar-refractivity contribution in [3.05, 3.63) is 0 Å². The van der Waals surface area contributed by atoms with Gasteiger partial charge in [-0.3, -0.25) is 0 Å². The summed E-state index contributed by atoms with van der Waals surface area (Å²) in [6, 6.07) is 0.511. The molecule has 2 N–H and O–H groups in total. The number of hydrogen-bond donors (Lipinski definition) is 2. The summed E-state index contributed by atoms with van der Waals surface area (Å²) in [6.45, 7) is 0.550. The Kier molecular flexibility index (Phi) is 4.51. The zero-order valence-corrected chi connectivity index (χ0v) is 9.38. The first-order chi connectivity index (χ1) is 6.14. The van der Waals surface area contributed by atoms with Gasteiger partial charge in [-0.2, -0.15) is 11.8 Å². The average Bonchev–Trinajstić information content (AvgIpc) is 2.57. The minimum absolute atomic E-state index is 0.171. The molecule has 0 aromatic carbocycles. The summed E-state index contributed by atoms with van der Waals surface area (Å²) >= 11 is 1.92. The van der Waals surface area contributed by atoms with Gasteiger partial charge in [0, 0.05) is 18.3 Å². The van der Waals surface area contributed by atoms with E-state index in [4.69, 9.17) is 0 Å². The van der Waals surface area contributed by atoms with Crippen LogP contribution in [-0.4, -0.2) is 45.3 Å². The molecule has 1 unspecified atom stereocenters. The fourth-order valence-corrected chi connectivity index (χ4v) is 2.97. The van der Waals surface area contributed by atoms with Gasteiger partial charge in [-0.05, 0) is 19.2 Å². The molecule has 0 saturated carbocycles. The molecule has 0 aromatic rings. The molecule has 0 spiro atoms. The standard InChI is InChI=1S/C7H16N2O2S2/c1-8-13(10,11)5-3-9-7-2-4-12-6-7/h7-9H,2-6H2,1H3. The largest absolute Gasteiger partial charge is 0.312 e. The second-order valence-corrected chi connectivity index (χ2v) is 6.23. The quantitative estimate of drug-likeness (QED) is 0.669. The van der Waals surface area contributed by atoms with Gasteiger partial charge in [-0.15, -0.1) is 0 Å². The van der Waals surface area contributed by atoms with E-state index in [0.29, 0.717) is 12.6 Å². The molecule has 4 nitrogen and oxygen atoms in total. The summed E-state index contributed by atoms with van der Waals surface area (Å²) in [5.41, 5.74) is 0. The normalized spacial score (nSPS) is 23.6. The van der Waals surface area contributed by atoms with Crippen LogP contribution in [0.2, 0.25) is 0 Å². The molecule has 6 heteroatoms. The molecular weight excluding hydrogens is 208 g/mol. The molecule has 1 aliphatic heterocycles. The van der Waals surface area contributed by atoms with E-state index in [1.807, 2.05) is 11.8 Å². The molecule has 13 heavy (non-hydrogen) atoms. The molecule has 0 aliphatic carbocycles. The van der Waals surface area contributed by atoms with E-state index < -0.39 is 10.0 Å². The summed E-state index contributed by atoms with van der Waals surface area (Å²) in [7, 11) is -1.59. The Bertz CT molecular complexity index is 235. The zero-order valence-electron chi connectivity index (χ0n) is 7.75. The van der Waals surface area contributed by atoms with Crippen LogP contribution in [0.3, 0.4) is 0 Å². The maximum atomic E-state index is 11.0. The fourth-order valence-electron chi connectivity index (χ4n) is 1.19. The Balaban J connectivity index is 2.13. The molecule has 0 aromatic heterocycles. The topological polar surface area (TPSA) is 58.2 Å². The number of thioether (sulfide) groups is 1. The van der Waals surface area contributed by atoms with Crippen molar-refractivity contribution in [2.75, 3.05) is 30.9 Å². The summed E-state index contributed by atoms with van der Waals surface area (Å²) in [6.07, 6.45) is 1.16. The first-order valence-electron chi connectivity index (χ1n) is 4.36.